The number of para-hydroxylation sites is 1. The summed E-state index contributed by atoms with van der Waals surface area (Å²) in [5, 5.41) is 12.1. The largest absolute Gasteiger partial charge is 0.507 e. The number of esters is 1. The molecule has 124 valence electrons. The van der Waals surface area contributed by atoms with Crippen molar-refractivity contribution in [3.63, 3.8) is 0 Å². The average Bonchev–Trinajstić information content (AvgIpc) is 2.61. The third-order valence-electron chi connectivity index (χ3n) is 3.09. The van der Waals surface area contributed by atoms with E-state index in [9.17, 15) is 14.7 Å². The van der Waals surface area contributed by atoms with Gasteiger partial charge in [-0.25, -0.2) is 9.59 Å². The van der Waals surface area contributed by atoms with E-state index in [-0.39, 0.29) is 18.1 Å². The number of nitrogens with one attached hydrogen (secondary N) is 1. The summed E-state index contributed by atoms with van der Waals surface area (Å²) in [6.45, 7) is 0.0672. The number of hydrogen-bond acceptors (Lipinski definition) is 5. The van der Waals surface area contributed by atoms with E-state index in [1.807, 2.05) is 30.3 Å². The molecule has 0 aromatic heterocycles. The van der Waals surface area contributed by atoms with Crippen molar-refractivity contribution >= 4 is 18.1 Å². The molecule has 1 amide bonds. The summed E-state index contributed by atoms with van der Waals surface area (Å²) in [5.74, 6) is -0.784. The lowest BCUT2D eigenvalue weighted by molar-refractivity contribution is -0.136. The zero-order valence-corrected chi connectivity index (χ0v) is 13.1. The Morgan fingerprint density at radius 1 is 1.08 bits per heavy atom. The third kappa shape index (κ3) is 4.88. The maximum Gasteiger partial charge on any atom is 0.412 e. The molecule has 6 heteroatoms. The smallest absolute Gasteiger partial charge is 0.412 e. The fourth-order valence-corrected chi connectivity index (χ4v) is 1.89. The lowest BCUT2D eigenvalue weighted by Gasteiger charge is -2.09. The highest BCUT2D eigenvalue weighted by Crippen LogP contribution is 2.18. The van der Waals surface area contributed by atoms with Crippen molar-refractivity contribution < 1.29 is 24.2 Å². The molecule has 0 radical (unpaired) electrons. The first kappa shape index (κ1) is 17.1. The Bertz CT molecular complexity index is 740. The van der Waals surface area contributed by atoms with Crippen LogP contribution in [0, 0.1) is 0 Å². The number of alkyl carbamates (subject to hydrolysis) is 1. The van der Waals surface area contributed by atoms with E-state index in [1.54, 1.807) is 18.2 Å². The molecule has 24 heavy (non-hydrogen) atoms. The van der Waals surface area contributed by atoms with Gasteiger partial charge in [0, 0.05) is 5.56 Å². The van der Waals surface area contributed by atoms with E-state index in [0.29, 0.717) is 5.56 Å². The third-order valence-corrected chi connectivity index (χ3v) is 3.09. The van der Waals surface area contributed by atoms with Crippen LogP contribution in [0.15, 0.2) is 60.3 Å². The van der Waals surface area contributed by atoms with Crippen LogP contribution in [0.5, 0.6) is 5.75 Å². The first-order chi connectivity index (χ1) is 11.6. The number of carbonyl (C=O) groups excluding carboxylic acids is 2. The molecule has 0 aliphatic rings. The molecule has 2 aromatic carbocycles. The summed E-state index contributed by atoms with van der Waals surface area (Å²) in [6, 6.07) is 15.5. The lowest BCUT2D eigenvalue weighted by atomic mass is 10.1. The molecular formula is C18H17NO5. The van der Waals surface area contributed by atoms with Crippen LogP contribution in [0.4, 0.5) is 4.79 Å². The van der Waals surface area contributed by atoms with Crippen LogP contribution in [-0.4, -0.2) is 24.3 Å². The minimum absolute atomic E-state index is 0.0293. The highest BCUT2D eigenvalue weighted by molar-refractivity contribution is 5.97. The standard InChI is InChI=1S/C18H17NO5/c1-23-17(21)15(11-14-9-5-6-10-16(14)20)19-18(22)24-12-13-7-3-2-4-8-13/h2-11,20H,12H2,1H3,(H,19,22)/b15-11-. The van der Waals surface area contributed by atoms with E-state index in [1.165, 1.54) is 19.3 Å². The maximum atomic E-state index is 11.9. The van der Waals surface area contributed by atoms with Crippen LogP contribution >= 0.6 is 0 Å². The number of hydrogen-bond donors (Lipinski definition) is 2. The van der Waals surface area contributed by atoms with Gasteiger partial charge >= 0.3 is 12.1 Å². The van der Waals surface area contributed by atoms with Gasteiger partial charge in [0.2, 0.25) is 0 Å². The van der Waals surface area contributed by atoms with Gasteiger partial charge in [-0.3, -0.25) is 5.32 Å². The molecule has 0 aliphatic heterocycles. The predicted molar refractivity (Wildman–Crippen MR) is 87.9 cm³/mol. The van der Waals surface area contributed by atoms with Crippen LogP contribution < -0.4 is 5.32 Å². The van der Waals surface area contributed by atoms with E-state index in [4.69, 9.17) is 4.74 Å². The SMILES string of the molecule is COC(=O)/C(=C/c1ccccc1O)NC(=O)OCc1ccccc1. The molecule has 0 atom stereocenters. The predicted octanol–water partition coefficient (Wildman–Crippen LogP) is 2.83. The van der Waals surface area contributed by atoms with Gasteiger partial charge in [-0.2, -0.15) is 0 Å². The van der Waals surface area contributed by atoms with Crippen molar-refractivity contribution in [3.05, 3.63) is 71.4 Å². The number of phenolic OH excluding ortho intramolecular Hbond substituents is 1. The number of rotatable bonds is 5. The van der Waals surface area contributed by atoms with Crippen LogP contribution in [0.1, 0.15) is 11.1 Å². The number of amides is 1. The molecule has 0 fully saturated rings. The molecule has 2 rings (SSSR count). The second-order valence-electron chi connectivity index (χ2n) is 4.80. The number of carbonyl (C=O) groups is 2. The van der Waals surface area contributed by atoms with E-state index in [2.05, 4.69) is 10.1 Å². The van der Waals surface area contributed by atoms with Gasteiger partial charge < -0.3 is 14.6 Å². The molecule has 0 heterocycles. The molecule has 0 saturated heterocycles. The number of methoxy groups -OCH3 is 1. The van der Waals surface area contributed by atoms with Crippen LogP contribution in [0.25, 0.3) is 6.08 Å². The molecule has 0 bridgehead atoms. The Morgan fingerprint density at radius 2 is 1.75 bits per heavy atom. The lowest BCUT2D eigenvalue weighted by Crippen LogP contribution is -2.28. The second kappa shape index (κ2) is 8.38. The Balaban J connectivity index is 2.07. The Kier molecular flexibility index (Phi) is 5.96. The number of phenols is 1. The Hall–Kier alpha value is -3.28. The minimum Gasteiger partial charge on any atom is -0.507 e. The highest BCUT2D eigenvalue weighted by Gasteiger charge is 2.15. The van der Waals surface area contributed by atoms with Crippen molar-refractivity contribution in [1.82, 2.24) is 5.32 Å². The quantitative estimate of drug-likeness (QED) is 0.651. The van der Waals surface area contributed by atoms with Gasteiger partial charge in [0.15, 0.2) is 0 Å². The molecule has 0 spiro atoms. The average molecular weight is 327 g/mol. The highest BCUT2D eigenvalue weighted by atomic mass is 16.6. The summed E-state index contributed by atoms with van der Waals surface area (Å²) < 4.78 is 9.69. The van der Waals surface area contributed by atoms with Gasteiger partial charge in [0.25, 0.3) is 0 Å². The van der Waals surface area contributed by atoms with E-state index in [0.717, 1.165) is 5.56 Å². The van der Waals surface area contributed by atoms with Crippen LogP contribution in [0.3, 0.4) is 0 Å². The van der Waals surface area contributed by atoms with Crippen molar-refractivity contribution in [3.8, 4) is 5.75 Å². The van der Waals surface area contributed by atoms with E-state index >= 15 is 0 Å². The molecule has 0 saturated carbocycles. The first-order valence-electron chi connectivity index (χ1n) is 7.16. The van der Waals surface area contributed by atoms with Crippen molar-refractivity contribution in [2.45, 2.75) is 6.61 Å². The summed E-state index contributed by atoms with van der Waals surface area (Å²) >= 11 is 0. The van der Waals surface area contributed by atoms with Gasteiger partial charge in [-0.1, -0.05) is 48.5 Å². The van der Waals surface area contributed by atoms with Crippen LogP contribution in [-0.2, 0) is 20.9 Å². The molecule has 2 N–H and O–H groups in total. The molecule has 0 aliphatic carbocycles. The fourth-order valence-electron chi connectivity index (χ4n) is 1.89. The zero-order valence-electron chi connectivity index (χ0n) is 13.1. The topological polar surface area (TPSA) is 84.9 Å². The number of benzene rings is 2. The summed E-state index contributed by atoms with van der Waals surface area (Å²) in [7, 11) is 1.19. The van der Waals surface area contributed by atoms with Gasteiger partial charge in [0.05, 0.1) is 7.11 Å². The van der Waals surface area contributed by atoms with Crippen LogP contribution in [0.2, 0.25) is 0 Å². The molecule has 0 unspecified atom stereocenters. The normalized spacial score (nSPS) is 10.8. The number of ether oxygens (including phenoxy) is 2. The minimum atomic E-state index is -0.800. The summed E-state index contributed by atoms with van der Waals surface area (Å²) in [4.78, 5) is 23.7. The van der Waals surface area contributed by atoms with Gasteiger partial charge in [-0.05, 0) is 17.7 Å². The van der Waals surface area contributed by atoms with Crippen molar-refractivity contribution in [2.75, 3.05) is 7.11 Å². The van der Waals surface area contributed by atoms with Gasteiger partial charge in [0.1, 0.15) is 18.1 Å². The second-order valence-corrected chi connectivity index (χ2v) is 4.80. The van der Waals surface area contributed by atoms with Crippen molar-refractivity contribution in [2.24, 2.45) is 0 Å². The first-order valence-corrected chi connectivity index (χ1v) is 7.16. The van der Waals surface area contributed by atoms with Gasteiger partial charge in [-0.15, -0.1) is 0 Å². The Morgan fingerprint density at radius 3 is 2.42 bits per heavy atom. The fraction of sp³-hybridized carbons (Fsp3) is 0.111. The number of aromatic hydroxyl groups is 1. The van der Waals surface area contributed by atoms with E-state index < -0.39 is 12.1 Å². The molecule has 2 aromatic rings. The monoisotopic (exact) mass is 327 g/mol. The maximum absolute atomic E-state index is 11.9. The summed E-state index contributed by atoms with van der Waals surface area (Å²) in [6.07, 6.45) is 0.510. The molecular weight excluding hydrogens is 310 g/mol. The summed E-state index contributed by atoms with van der Waals surface area (Å²) in [5.41, 5.74) is 1.04. The van der Waals surface area contributed by atoms with Crippen molar-refractivity contribution in [1.29, 1.82) is 0 Å². The Labute approximate surface area is 139 Å². The molecule has 6 nitrogen and oxygen atoms in total. The zero-order chi connectivity index (χ0) is 17.4.